The quantitative estimate of drug-likeness (QED) is 0.808. The van der Waals surface area contributed by atoms with Crippen molar-refractivity contribution in [3.63, 3.8) is 0 Å². The third-order valence-corrected chi connectivity index (χ3v) is 3.04. The van der Waals surface area contributed by atoms with Crippen LogP contribution in [-0.4, -0.2) is 23.0 Å². The van der Waals surface area contributed by atoms with Crippen molar-refractivity contribution in [2.75, 3.05) is 7.11 Å². The minimum atomic E-state index is -0.350. The molecule has 0 bridgehead atoms. The largest absolute Gasteiger partial charge is 0.470 e. The Morgan fingerprint density at radius 1 is 1.14 bits per heavy atom. The molecule has 110 valence electrons. The first-order valence-corrected chi connectivity index (χ1v) is 6.67. The van der Waals surface area contributed by atoms with Crippen LogP contribution in [0, 0.1) is 13.8 Å². The molecule has 1 aromatic heterocycles. The zero-order valence-corrected chi connectivity index (χ0v) is 12.6. The van der Waals surface area contributed by atoms with E-state index in [-0.39, 0.29) is 12.1 Å². The van der Waals surface area contributed by atoms with E-state index in [1.807, 2.05) is 32.9 Å². The molecule has 1 heterocycles. The van der Waals surface area contributed by atoms with Gasteiger partial charge in [0, 0.05) is 11.8 Å². The van der Waals surface area contributed by atoms with Crippen LogP contribution in [0.3, 0.4) is 0 Å². The molecule has 0 aliphatic heterocycles. The molecular weight excluding hydrogens is 268 g/mol. The van der Waals surface area contributed by atoms with Crippen molar-refractivity contribution in [2.45, 2.75) is 26.9 Å². The zero-order chi connectivity index (χ0) is 15.4. The van der Waals surface area contributed by atoms with Gasteiger partial charge in [0.2, 0.25) is 5.88 Å². The SMILES string of the molecule is COC(=O)c1ccc([C@H](C)Oc2cc(C)nc(C)n2)cc1. The standard InChI is InChI=1S/C16H18N2O3/c1-10-9-15(18-12(3)17-10)21-11(2)13-5-7-14(8-6-13)16(19)20-4/h5-9,11H,1-4H3/t11-/m0/s1. The highest BCUT2D eigenvalue weighted by molar-refractivity contribution is 5.89. The number of aromatic nitrogens is 2. The molecule has 1 atom stereocenters. The highest BCUT2D eigenvalue weighted by Gasteiger charge is 2.11. The normalized spacial score (nSPS) is 11.8. The van der Waals surface area contributed by atoms with E-state index in [4.69, 9.17) is 4.74 Å². The van der Waals surface area contributed by atoms with Crippen LogP contribution in [0.25, 0.3) is 0 Å². The van der Waals surface area contributed by atoms with Gasteiger partial charge in [0.25, 0.3) is 0 Å². The number of nitrogens with zero attached hydrogens (tertiary/aromatic N) is 2. The van der Waals surface area contributed by atoms with Gasteiger partial charge in [-0.2, -0.15) is 4.98 Å². The van der Waals surface area contributed by atoms with Gasteiger partial charge in [-0.15, -0.1) is 0 Å². The molecule has 0 aliphatic carbocycles. The molecule has 1 aromatic carbocycles. The van der Waals surface area contributed by atoms with E-state index in [9.17, 15) is 4.79 Å². The second-order valence-corrected chi connectivity index (χ2v) is 4.77. The second kappa shape index (κ2) is 6.35. The van der Waals surface area contributed by atoms with Gasteiger partial charge in [-0.05, 0) is 38.5 Å². The van der Waals surface area contributed by atoms with Gasteiger partial charge < -0.3 is 9.47 Å². The van der Waals surface area contributed by atoms with Crippen LogP contribution < -0.4 is 4.74 Å². The van der Waals surface area contributed by atoms with Crippen molar-refractivity contribution in [1.82, 2.24) is 9.97 Å². The molecule has 0 spiro atoms. The number of carbonyl (C=O) groups excluding carboxylic acids is 1. The summed E-state index contributed by atoms with van der Waals surface area (Å²) in [7, 11) is 1.36. The second-order valence-electron chi connectivity index (χ2n) is 4.77. The van der Waals surface area contributed by atoms with E-state index in [0.29, 0.717) is 17.3 Å². The molecule has 0 amide bonds. The average molecular weight is 286 g/mol. The van der Waals surface area contributed by atoms with Crippen LogP contribution in [0.2, 0.25) is 0 Å². The van der Waals surface area contributed by atoms with E-state index >= 15 is 0 Å². The number of carbonyl (C=O) groups is 1. The van der Waals surface area contributed by atoms with Crippen LogP contribution in [0.1, 0.15) is 40.5 Å². The van der Waals surface area contributed by atoms with Gasteiger partial charge >= 0.3 is 5.97 Å². The molecule has 2 aromatic rings. The van der Waals surface area contributed by atoms with Gasteiger partial charge in [-0.25, -0.2) is 9.78 Å². The van der Waals surface area contributed by atoms with Crippen LogP contribution >= 0.6 is 0 Å². The lowest BCUT2D eigenvalue weighted by atomic mass is 10.1. The summed E-state index contributed by atoms with van der Waals surface area (Å²) in [6.07, 6.45) is -0.176. The summed E-state index contributed by atoms with van der Waals surface area (Å²) < 4.78 is 10.5. The number of ether oxygens (including phenoxy) is 2. The Hall–Kier alpha value is -2.43. The summed E-state index contributed by atoms with van der Waals surface area (Å²) in [6, 6.07) is 8.93. The van der Waals surface area contributed by atoms with Crippen molar-refractivity contribution in [2.24, 2.45) is 0 Å². The van der Waals surface area contributed by atoms with Crippen molar-refractivity contribution >= 4 is 5.97 Å². The van der Waals surface area contributed by atoms with E-state index in [1.165, 1.54) is 7.11 Å². The average Bonchev–Trinajstić information content (AvgIpc) is 2.45. The lowest BCUT2D eigenvalue weighted by molar-refractivity contribution is 0.0600. The molecule has 5 heteroatoms. The predicted octanol–water partition coefficient (Wildman–Crippen LogP) is 3.02. The number of methoxy groups -OCH3 is 1. The molecular formula is C16H18N2O3. The van der Waals surface area contributed by atoms with Gasteiger partial charge in [0.15, 0.2) is 0 Å². The number of aryl methyl sites for hydroxylation is 2. The van der Waals surface area contributed by atoms with E-state index < -0.39 is 0 Å². The smallest absolute Gasteiger partial charge is 0.337 e. The highest BCUT2D eigenvalue weighted by Crippen LogP contribution is 2.21. The fraction of sp³-hybridized carbons (Fsp3) is 0.312. The van der Waals surface area contributed by atoms with Crippen molar-refractivity contribution in [1.29, 1.82) is 0 Å². The molecule has 21 heavy (non-hydrogen) atoms. The number of rotatable bonds is 4. The van der Waals surface area contributed by atoms with Gasteiger partial charge in [0.1, 0.15) is 11.9 Å². The molecule has 0 radical (unpaired) electrons. The van der Waals surface area contributed by atoms with Crippen LogP contribution in [0.15, 0.2) is 30.3 Å². The van der Waals surface area contributed by atoms with Gasteiger partial charge in [-0.3, -0.25) is 0 Å². The maximum Gasteiger partial charge on any atom is 0.337 e. The van der Waals surface area contributed by atoms with Crippen molar-refractivity contribution < 1.29 is 14.3 Å². The van der Waals surface area contributed by atoms with E-state index in [0.717, 1.165) is 11.3 Å². The summed E-state index contributed by atoms with van der Waals surface area (Å²) in [6.45, 7) is 5.66. The molecule has 0 unspecified atom stereocenters. The number of benzene rings is 1. The molecule has 0 saturated carbocycles. The van der Waals surface area contributed by atoms with E-state index in [1.54, 1.807) is 18.2 Å². The minimum Gasteiger partial charge on any atom is -0.470 e. The van der Waals surface area contributed by atoms with E-state index in [2.05, 4.69) is 14.7 Å². The fourth-order valence-electron chi connectivity index (χ4n) is 2.00. The number of esters is 1. The topological polar surface area (TPSA) is 61.3 Å². The highest BCUT2D eigenvalue weighted by atomic mass is 16.5. The lowest BCUT2D eigenvalue weighted by Gasteiger charge is -2.15. The Morgan fingerprint density at radius 2 is 1.81 bits per heavy atom. The number of hydrogen-bond acceptors (Lipinski definition) is 5. The van der Waals surface area contributed by atoms with Crippen LogP contribution in [0.4, 0.5) is 0 Å². The summed E-state index contributed by atoms with van der Waals surface area (Å²) in [4.78, 5) is 19.9. The first-order valence-electron chi connectivity index (χ1n) is 6.67. The Labute approximate surface area is 124 Å². The summed E-state index contributed by atoms with van der Waals surface area (Å²) >= 11 is 0. The van der Waals surface area contributed by atoms with Gasteiger partial charge in [0.05, 0.1) is 12.7 Å². The van der Waals surface area contributed by atoms with Crippen LogP contribution in [0.5, 0.6) is 5.88 Å². The molecule has 0 fully saturated rings. The molecule has 2 rings (SSSR count). The Morgan fingerprint density at radius 3 is 2.38 bits per heavy atom. The number of hydrogen-bond donors (Lipinski definition) is 0. The maximum atomic E-state index is 11.4. The van der Waals surface area contributed by atoms with Crippen molar-refractivity contribution in [3.05, 3.63) is 53.0 Å². The van der Waals surface area contributed by atoms with Crippen molar-refractivity contribution in [3.8, 4) is 5.88 Å². The third-order valence-electron chi connectivity index (χ3n) is 3.04. The molecule has 0 N–H and O–H groups in total. The first kappa shape index (κ1) is 15.0. The third kappa shape index (κ3) is 3.78. The first-order chi connectivity index (χ1) is 9.99. The molecule has 0 saturated heterocycles. The Balaban J connectivity index is 2.12. The maximum absolute atomic E-state index is 11.4. The molecule has 5 nitrogen and oxygen atoms in total. The fourth-order valence-corrected chi connectivity index (χ4v) is 2.00. The van der Waals surface area contributed by atoms with Crippen LogP contribution in [-0.2, 0) is 4.74 Å². The summed E-state index contributed by atoms with van der Waals surface area (Å²) in [5.74, 6) is 0.875. The minimum absolute atomic E-state index is 0.176. The zero-order valence-electron chi connectivity index (χ0n) is 12.6. The predicted molar refractivity (Wildman–Crippen MR) is 78.3 cm³/mol. The monoisotopic (exact) mass is 286 g/mol. The summed E-state index contributed by atoms with van der Waals surface area (Å²) in [5, 5.41) is 0. The Bertz CT molecular complexity index is 618. The van der Waals surface area contributed by atoms with Gasteiger partial charge in [-0.1, -0.05) is 12.1 Å². The lowest BCUT2D eigenvalue weighted by Crippen LogP contribution is -2.07. The Kier molecular flexibility index (Phi) is 4.52. The molecule has 0 aliphatic rings. The summed E-state index contributed by atoms with van der Waals surface area (Å²) in [5.41, 5.74) is 2.34.